The van der Waals surface area contributed by atoms with Crippen LogP contribution in [0.4, 0.5) is 10.5 Å². The summed E-state index contributed by atoms with van der Waals surface area (Å²) < 4.78 is 0. The van der Waals surface area contributed by atoms with Crippen LogP contribution in [0.5, 0.6) is 0 Å². The van der Waals surface area contributed by atoms with E-state index >= 15 is 0 Å². The second-order valence-corrected chi connectivity index (χ2v) is 6.82. The van der Waals surface area contributed by atoms with Crippen molar-refractivity contribution in [3.8, 4) is 0 Å². The highest BCUT2D eigenvalue weighted by Crippen LogP contribution is 2.33. The van der Waals surface area contributed by atoms with Gasteiger partial charge < -0.3 is 10.6 Å². The third kappa shape index (κ3) is 5.13. The van der Waals surface area contributed by atoms with Crippen LogP contribution in [-0.4, -0.2) is 6.03 Å². The number of carbonyl (C=O) groups excluding carboxylic acids is 1. The topological polar surface area (TPSA) is 41.1 Å². The highest BCUT2D eigenvalue weighted by molar-refractivity contribution is 7.99. The Balaban J connectivity index is 1.63. The maximum Gasteiger partial charge on any atom is 0.319 e. The standard InChI is InChI=1S/C21H20N2OS/c1-16-8-7-9-17(14-16)15-22-21(24)23-19-12-5-6-13-20(19)25-18-10-3-2-4-11-18/h2-14H,15H2,1H3,(H2,22,23,24). The molecule has 2 N–H and O–H groups in total. The Morgan fingerprint density at radius 3 is 2.48 bits per heavy atom. The molecule has 4 heteroatoms. The van der Waals surface area contributed by atoms with Crippen LogP contribution in [0.25, 0.3) is 0 Å². The van der Waals surface area contributed by atoms with Crippen molar-refractivity contribution in [2.45, 2.75) is 23.3 Å². The lowest BCUT2D eigenvalue weighted by Crippen LogP contribution is -2.28. The minimum atomic E-state index is -0.206. The summed E-state index contributed by atoms with van der Waals surface area (Å²) in [6, 6.07) is 25.8. The Morgan fingerprint density at radius 2 is 1.68 bits per heavy atom. The fraction of sp³-hybridized carbons (Fsp3) is 0.0952. The summed E-state index contributed by atoms with van der Waals surface area (Å²) >= 11 is 1.63. The average Bonchev–Trinajstić information content (AvgIpc) is 2.63. The van der Waals surface area contributed by atoms with E-state index in [0.717, 1.165) is 21.0 Å². The van der Waals surface area contributed by atoms with Crippen LogP contribution in [0.3, 0.4) is 0 Å². The van der Waals surface area contributed by atoms with Gasteiger partial charge in [0.2, 0.25) is 0 Å². The van der Waals surface area contributed by atoms with Crippen LogP contribution in [0.15, 0.2) is 88.7 Å². The van der Waals surface area contributed by atoms with E-state index in [9.17, 15) is 4.79 Å². The number of para-hydroxylation sites is 1. The largest absolute Gasteiger partial charge is 0.334 e. The number of anilines is 1. The second-order valence-electron chi connectivity index (χ2n) is 5.71. The van der Waals surface area contributed by atoms with Crippen LogP contribution < -0.4 is 10.6 Å². The van der Waals surface area contributed by atoms with Gasteiger partial charge in [0, 0.05) is 16.3 Å². The Kier molecular flexibility index (Phi) is 5.75. The number of urea groups is 1. The van der Waals surface area contributed by atoms with E-state index < -0.39 is 0 Å². The first-order valence-electron chi connectivity index (χ1n) is 8.13. The Hall–Kier alpha value is -2.72. The molecule has 3 nitrogen and oxygen atoms in total. The summed E-state index contributed by atoms with van der Waals surface area (Å²) in [6.45, 7) is 2.54. The lowest BCUT2D eigenvalue weighted by atomic mass is 10.1. The molecule has 0 aliphatic carbocycles. The van der Waals surface area contributed by atoms with E-state index in [1.54, 1.807) is 11.8 Å². The first-order chi connectivity index (χ1) is 12.2. The molecule has 3 rings (SSSR count). The molecule has 0 unspecified atom stereocenters. The highest BCUT2D eigenvalue weighted by Gasteiger charge is 2.07. The van der Waals surface area contributed by atoms with Gasteiger partial charge in [-0.25, -0.2) is 4.79 Å². The fourth-order valence-corrected chi connectivity index (χ4v) is 3.37. The van der Waals surface area contributed by atoms with E-state index in [-0.39, 0.29) is 6.03 Å². The maximum absolute atomic E-state index is 12.2. The fourth-order valence-electron chi connectivity index (χ4n) is 2.45. The number of hydrogen-bond donors (Lipinski definition) is 2. The molecule has 126 valence electrons. The quantitative estimate of drug-likeness (QED) is 0.642. The number of aryl methyl sites for hydroxylation is 1. The number of hydrogen-bond acceptors (Lipinski definition) is 2. The summed E-state index contributed by atoms with van der Waals surface area (Å²) in [5.41, 5.74) is 3.07. The van der Waals surface area contributed by atoms with Gasteiger partial charge in [0.25, 0.3) is 0 Å². The van der Waals surface area contributed by atoms with Gasteiger partial charge in [-0.15, -0.1) is 0 Å². The molecule has 0 aliphatic heterocycles. The van der Waals surface area contributed by atoms with Gasteiger partial charge in [0.05, 0.1) is 5.69 Å². The van der Waals surface area contributed by atoms with Crippen molar-refractivity contribution in [1.29, 1.82) is 0 Å². The molecule has 0 aliphatic rings. The highest BCUT2D eigenvalue weighted by atomic mass is 32.2. The number of amides is 2. The van der Waals surface area contributed by atoms with Gasteiger partial charge in [-0.3, -0.25) is 0 Å². The Morgan fingerprint density at radius 1 is 0.920 bits per heavy atom. The van der Waals surface area contributed by atoms with Crippen LogP contribution in [0.2, 0.25) is 0 Å². The average molecular weight is 348 g/mol. The minimum absolute atomic E-state index is 0.206. The van der Waals surface area contributed by atoms with Gasteiger partial charge in [-0.05, 0) is 36.8 Å². The van der Waals surface area contributed by atoms with Crippen molar-refractivity contribution in [3.63, 3.8) is 0 Å². The van der Waals surface area contributed by atoms with Gasteiger partial charge in [0.15, 0.2) is 0 Å². The number of nitrogens with one attached hydrogen (secondary N) is 2. The van der Waals surface area contributed by atoms with Crippen LogP contribution in [-0.2, 0) is 6.54 Å². The molecule has 0 bridgehead atoms. The normalized spacial score (nSPS) is 10.3. The molecule has 0 aromatic heterocycles. The smallest absolute Gasteiger partial charge is 0.319 e. The third-order valence-electron chi connectivity index (χ3n) is 3.64. The van der Waals surface area contributed by atoms with E-state index in [4.69, 9.17) is 0 Å². The summed E-state index contributed by atoms with van der Waals surface area (Å²) in [4.78, 5) is 14.4. The number of rotatable bonds is 5. The molecular formula is C21H20N2OS. The van der Waals surface area contributed by atoms with Crippen molar-refractivity contribution in [2.24, 2.45) is 0 Å². The molecule has 3 aromatic carbocycles. The molecule has 0 saturated heterocycles. The summed E-state index contributed by atoms with van der Waals surface area (Å²) in [5, 5.41) is 5.85. The lowest BCUT2D eigenvalue weighted by Gasteiger charge is -2.12. The number of carbonyl (C=O) groups is 1. The molecular weight excluding hydrogens is 328 g/mol. The van der Waals surface area contributed by atoms with Crippen molar-refractivity contribution >= 4 is 23.5 Å². The molecule has 0 saturated carbocycles. The van der Waals surface area contributed by atoms with E-state index in [1.807, 2.05) is 67.6 Å². The predicted molar refractivity (Wildman–Crippen MR) is 104 cm³/mol. The van der Waals surface area contributed by atoms with Gasteiger partial charge in [0.1, 0.15) is 0 Å². The molecule has 0 atom stereocenters. The van der Waals surface area contributed by atoms with Crippen molar-refractivity contribution in [2.75, 3.05) is 5.32 Å². The van der Waals surface area contributed by atoms with Crippen molar-refractivity contribution < 1.29 is 4.79 Å². The van der Waals surface area contributed by atoms with E-state index in [1.165, 1.54) is 5.56 Å². The zero-order chi connectivity index (χ0) is 17.5. The van der Waals surface area contributed by atoms with Gasteiger partial charge in [-0.2, -0.15) is 0 Å². The summed E-state index contributed by atoms with van der Waals surface area (Å²) in [5.74, 6) is 0. The zero-order valence-electron chi connectivity index (χ0n) is 14.0. The monoisotopic (exact) mass is 348 g/mol. The Bertz CT molecular complexity index is 849. The molecule has 0 radical (unpaired) electrons. The van der Waals surface area contributed by atoms with Crippen LogP contribution in [0.1, 0.15) is 11.1 Å². The molecule has 0 fully saturated rings. The Labute approximate surface area is 152 Å². The van der Waals surface area contributed by atoms with Crippen LogP contribution in [0, 0.1) is 6.92 Å². The van der Waals surface area contributed by atoms with Crippen molar-refractivity contribution in [3.05, 3.63) is 90.0 Å². The summed E-state index contributed by atoms with van der Waals surface area (Å²) in [7, 11) is 0. The second kappa shape index (κ2) is 8.40. The minimum Gasteiger partial charge on any atom is -0.334 e. The predicted octanol–water partition coefficient (Wildman–Crippen LogP) is 5.47. The molecule has 0 heterocycles. The zero-order valence-corrected chi connectivity index (χ0v) is 14.8. The van der Waals surface area contributed by atoms with Gasteiger partial charge >= 0.3 is 6.03 Å². The first kappa shape index (κ1) is 17.1. The molecule has 2 amide bonds. The number of benzene rings is 3. The maximum atomic E-state index is 12.2. The lowest BCUT2D eigenvalue weighted by molar-refractivity contribution is 0.251. The van der Waals surface area contributed by atoms with Gasteiger partial charge in [-0.1, -0.05) is 71.9 Å². The van der Waals surface area contributed by atoms with Crippen molar-refractivity contribution in [1.82, 2.24) is 5.32 Å². The first-order valence-corrected chi connectivity index (χ1v) is 8.95. The molecule has 0 spiro atoms. The van der Waals surface area contributed by atoms with E-state index in [2.05, 4.69) is 28.8 Å². The molecule has 3 aromatic rings. The summed E-state index contributed by atoms with van der Waals surface area (Å²) in [6.07, 6.45) is 0. The van der Waals surface area contributed by atoms with Crippen LogP contribution >= 0.6 is 11.8 Å². The molecule has 25 heavy (non-hydrogen) atoms. The third-order valence-corrected chi connectivity index (χ3v) is 4.73. The SMILES string of the molecule is Cc1cccc(CNC(=O)Nc2ccccc2Sc2ccccc2)c1. The van der Waals surface area contributed by atoms with E-state index in [0.29, 0.717) is 6.54 Å².